The van der Waals surface area contributed by atoms with E-state index in [9.17, 15) is 0 Å². The van der Waals surface area contributed by atoms with Gasteiger partial charge in [-0.15, -0.1) is 0 Å². The first-order chi connectivity index (χ1) is 29.2. The average Bonchev–Trinajstić information content (AvgIpc) is 4.02. The van der Waals surface area contributed by atoms with Crippen LogP contribution in [0.25, 0.3) is 54.7 Å². The maximum Gasteiger partial charge on any atom is 0.0947 e. The van der Waals surface area contributed by atoms with Crippen molar-refractivity contribution in [2.45, 2.75) is 68.6 Å². The third-order valence-corrected chi connectivity index (χ3v) is 14.7. The molecule has 0 amide bonds. The highest BCUT2D eigenvalue weighted by Crippen LogP contribution is 2.58. The molecule has 2 aliphatic heterocycles. The van der Waals surface area contributed by atoms with Crippen LogP contribution in [0, 0.1) is 5.92 Å². The van der Waals surface area contributed by atoms with Crippen LogP contribution in [0.15, 0.2) is 175 Å². The van der Waals surface area contributed by atoms with Gasteiger partial charge in [0, 0.05) is 62.0 Å². The van der Waals surface area contributed by atoms with Crippen LogP contribution >= 0.6 is 0 Å². The molecule has 7 aromatic rings. The number of rotatable bonds is 4. The molecule has 4 aliphatic carbocycles. The maximum absolute atomic E-state index is 7.17. The van der Waals surface area contributed by atoms with Crippen LogP contribution in [0.3, 0.4) is 0 Å². The zero-order valence-electron chi connectivity index (χ0n) is 33.2. The van der Waals surface area contributed by atoms with Crippen LogP contribution in [-0.4, -0.2) is 27.4 Å². The molecule has 0 bridgehead atoms. The Hall–Kier alpha value is -6.46. The number of hydrogen-bond acceptors (Lipinski definition) is 3. The molecule has 2 N–H and O–H groups in total. The zero-order valence-corrected chi connectivity index (χ0v) is 33.2. The van der Waals surface area contributed by atoms with Gasteiger partial charge in [-0.1, -0.05) is 121 Å². The van der Waals surface area contributed by atoms with E-state index >= 15 is 0 Å². The first-order valence-electron chi connectivity index (χ1n) is 21.8. The summed E-state index contributed by atoms with van der Waals surface area (Å²) >= 11 is 0. The first-order valence-corrected chi connectivity index (χ1v) is 21.8. The number of nitrogen functional groups attached to an aromatic ring is 1. The molecule has 59 heavy (non-hydrogen) atoms. The fourth-order valence-corrected chi connectivity index (χ4v) is 12.2. The molecule has 0 radical (unpaired) electrons. The molecular weight excluding hydrogens is 719 g/mol. The van der Waals surface area contributed by atoms with E-state index in [2.05, 4.69) is 178 Å². The maximum atomic E-state index is 7.17. The number of hydrogen-bond donors (Lipinski definition) is 1. The van der Waals surface area contributed by atoms with Gasteiger partial charge in [0.1, 0.15) is 0 Å². The summed E-state index contributed by atoms with van der Waals surface area (Å²) in [5.74, 6) is 8.01. The lowest BCUT2D eigenvalue weighted by Crippen LogP contribution is -2.48. The van der Waals surface area contributed by atoms with Gasteiger partial charge in [-0.2, -0.15) is 0 Å². The van der Waals surface area contributed by atoms with Crippen LogP contribution in [0.2, 0.25) is 0 Å². The number of nitrogens with two attached hydrogens (primary N) is 1. The third kappa shape index (κ3) is 4.73. The molecule has 288 valence electrons. The summed E-state index contributed by atoms with van der Waals surface area (Å²) in [7, 11) is 0. The van der Waals surface area contributed by atoms with E-state index in [1.54, 1.807) is 11.3 Å². The van der Waals surface area contributed by atoms with Gasteiger partial charge in [0.15, 0.2) is 0 Å². The van der Waals surface area contributed by atoms with Crippen molar-refractivity contribution in [3.8, 4) is 11.1 Å². The van der Waals surface area contributed by atoms with Gasteiger partial charge in [-0.3, -0.25) is 4.68 Å². The minimum Gasteiger partial charge on any atom is -0.356 e. The van der Waals surface area contributed by atoms with Crippen LogP contribution in [0.5, 0.6) is 0 Å². The highest BCUT2D eigenvalue weighted by molar-refractivity contribution is 6.23. The van der Waals surface area contributed by atoms with Gasteiger partial charge in [0.25, 0.3) is 0 Å². The molecule has 0 saturated heterocycles. The van der Waals surface area contributed by atoms with Crippen LogP contribution < -0.4 is 15.6 Å². The topological polar surface area (TPSA) is 42.4 Å². The molecule has 5 aromatic carbocycles. The quantitative estimate of drug-likeness (QED) is 0.143. The Bertz CT molecular complexity index is 3080. The molecule has 2 aromatic heterocycles. The number of aromatic nitrogens is 2. The van der Waals surface area contributed by atoms with Crippen LogP contribution in [0.1, 0.15) is 56.0 Å². The number of fused-ring (bicyclic) bond motifs is 13. The second-order valence-electron chi connectivity index (χ2n) is 17.6. The highest BCUT2D eigenvalue weighted by atomic mass is 15.3. The monoisotopic (exact) mass is 765 g/mol. The van der Waals surface area contributed by atoms with Crippen molar-refractivity contribution in [3.63, 3.8) is 0 Å². The van der Waals surface area contributed by atoms with E-state index < -0.39 is 0 Å². The standard InChI is InChI=1S/C54H47N5/c55-59-50-31-25-35(33-46(50)44-29-27-42-40-21-11-13-23-48(40)57(53(42)54(44)59)37-16-6-2-7-17-37)34-24-30-49-45(32-34)43-28-26-41-39-20-10-12-22-47(39)56(36-14-4-1-5-15-36)51(41)52(43)58(49)38-18-8-3-9-19-38/h1-2,4-8,10-16,18,20-25,27,29-33,37-39,43,47,52H,3,9,17,19,26,28,55H2. The van der Waals surface area contributed by atoms with Crippen molar-refractivity contribution < 1.29 is 0 Å². The second kappa shape index (κ2) is 12.8. The molecule has 5 nitrogen and oxygen atoms in total. The summed E-state index contributed by atoms with van der Waals surface area (Å²) in [5.41, 5.74) is 14.6. The SMILES string of the molecule is Nn1c2ccc(-c3ccc4c(c3)C3CCC5=C(C3N4C3C=CCCC3)N(c3ccccc3)C3C=CC=CC53)cc2c2ccc3c4ccccc4n(C4C=CC=CC4)c3c21. The van der Waals surface area contributed by atoms with E-state index in [0.29, 0.717) is 30.0 Å². The molecule has 5 heteroatoms. The van der Waals surface area contributed by atoms with Crippen molar-refractivity contribution in [2.24, 2.45) is 5.92 Å². The van der Waals surface area contributed by atoms with E-state index in [-0.39, 0.29) is 6.04 Å². The Kier molecular flexibility index (Phi) is 7.25. The van der Waals surface area contributed by atoms with Crippen molar-refractivity contribution in [3.05, 3.63) is 181 Å². The van der Waals surface area contributed by atoms with E-state index in [1.807, 2.05) is 4.68 Å². The van der Waals surface area contributed by atoms with Gasteiger partial charge < -0.3 is 20.2 Å². The lowest BCUT2D eigenvalue weighted by Gasteiger charge is -2.43. The third-order valence-electron chi connectivity index (χ3n) is 14.7. The van der Waals surface area contributed by atoms with Gasteiger partial charge in [-0.25, -0.2) is 0 Å². The molecule has 6 aliphatic rings. The number of allylic oxidation sites excluding steroid dienone is 7. The van der Waals surface area contributed by atoms with Gasteiger partial charge in [0.05, 0.1) is 34.7 Å². The van der Waals surface area contributed by atoms with Gasteiger partial charge >= 0.3 is 0 Å². The molecule has 0 saturated carbocycles. The number of nitrogens with zero attached hydrogens (tertiary/aromatic N) is 4. The highest BCUT2D eigenvalue weighted by Gasteiger charge is 2.53. The first kappa shape index (κ1) is 33.5. The minimum atomic E-state index is 0.230. The van der Waals surface area contributed by atoms with Crippen molar-refractivity contribution in [1.82, 2.24) is 9.24 Å². The predicted octanol–water partition coefficient (Wildman–Crippen LogP) is 12.4. The van der Waals surface area contributed by atoms with E-state index in [4.69, 9.17) is 5.84 Å². The predicted molar refractivity (Wildman–Crippen MR) is 246 cm³/mol. The van der Waals surface area contributed by atoms with Crippen LogP contribution in [0.4, 0.5) is 11.4 Å². The summed E-state index contributed by atoms with van der Waals surface area (Å²) < 4.78 is 4.48. The Morgan fingerprint density at radius 1 is 0.610 bits per heavy atom. The smallest absolute Gasteiger partial charge is 0.0947 e. The molecule has 6 atom stereocenters. The summed E-state index contributed by atoms with van der Waals surface area (Å²) in [4.78, 5) is 5.57. The Morgan fingerprint density at radius 3 is 2.29 bits per heavy atom. The van der Waals surface area contributed by atoms with Gasteiger partial charge in [-0.05, 0) is 103 Å². The average molecular weight is 766 g/mol. The second-order valence-corrected chi connectivity index (χ2v) is 17.6. The minimum absolute atomic E-state index is 0.230. The van der Waals surface area contributed by atoms with Crippen molar-refractivity contribution in [1.29, 1.82) is 0 Å². The summed E-state index contributed by atoms with van der Waals surface area (Å²) in [6.07, 6.45) is 30.2. The molecule has 6 unspecified atom stereocenters. The zero-order chi connectivity index (χ0) is 38.8. The van der Waals surface area contributed by atoms with E-state index in [1.165, 1.54) is 86.3 Å². The Morgan fingerprint density at radius 2 is 1.42 bits per heavy atom. The molecule has 0 spiro atoms. The lowest BCUT2D eigenvalue weighted by molar-refractivity contribution is 0.470. The normalized spacial score (nSPS) is 25.5. The molecule has 4 heterocycles. The molecule has 0 fully saturated rings. The molecule has 13 rings (SSSR count). The van der Waals surface area contributed by atoms with Crippen LogP contribution in [-0.2, 0) is 0 Å². The number of benzene rings is 5. The fourth-order valence-electron chi connectivity index (χ4n) is 12.2. The summed E-state index contributed by atoms with van der Waals surface area (Å²) in [6.45, 7) is 0. The number of anilines is 2. The van der Waals surface area contributed by atoms with Crippen molar-refractivity contribution in [2.75, 3.05) is 15.6 Å². The van der Waals surface area contributed by atoms with E-state index in [0.717, 1.165) is 23.9 Å². The lowest BCUT2D eigenvalue weighted by atomic mass is 9.77. The molecular formula is C54H47N5. The fraction of sp³-hybridized carbons (Fsp3) is 0.222. The van der Waals surface area contributed by atoms with Crippen molar-refractivity contribution >= 4 is 55.0 Å². The Balaban J connectivity index is 0.962. The largest absolute Gasteiger partial charge is 0.356 e. The summed E-state index contributed by atoms with van der Waals surface area (Å²) in [5, 5.41) is 4.92. The summed E-state index contributed by atoms with van der Waals surface area (Å²) in [6, 6.07) is 40.2. The van der Waals surface area contributed by atoms with Gasteiger partial charge in [0.2, 0.25) is 0 Å². The Labute approximate surface area is 345 Å². The number of para-hydroxylation sites is 2.